The Kier molecular flexibility index (Phi) is 4.81. The lowest BCUT2D eigenvalue weighted by Crippen LogP contribution is -2.17. The molecule has 2 aromatic carbocycles. The Morgan fingerprint density at radius 1 is 0.955 bits per heavy atom. The van der Waals surface area contributed by atoms with Crippen LogP contribution in [0.2, 0.25) is 0 Å². The van der Waals surface area contributed by atoms with E-state index in [0.717, 1.165) is 0 Å². The molecule has 22 heavy (non-hydrogen) atoms. The fraction of sp³-hybridized carbons (Fsp3) is 0.278. The minimum absolute atomic E-state index is 0.0695. The van der Waals surface area contributed by atoms with E-state index in [0.29, 0.717) is 5.75 Å². The summed E-state index contributed by atoms with van der Waals surface area (Å²) < 4.78 is 23.2. The molecule has 0 radical (unpaired) electrons. The van der Waals surface area contributed by atoms with Gasteiger partial charge in [0.05, 0.1) is 0 Å². The first-order valence-corrected chi connectivity index (χ1v) is 7.04. The Labute approximate surface area is 129 Å². The van der Waals surface area contributed by atoms with E-state index in [1.54, 1.807) is 0 Å². The molecule has 0 unspecified atom stereocenters. The van der Waals surface area contributed by atoms with Gasteiger partial charge in [-0.25, -0.2) is 9.18 Å². The van der Waals surface area contributed by atoms with E-state index in [1.165, 1.54) is 29.8 Å². The third kappa shape index (κ3) is 4.58. The van der Waals surface area contributed by atoms with Gasteiger partial charge in [0.15, 0.2) is 6.61 Å². The number of carbonyl (C=O) groups is 1. The van der Waals surface area contributed by atoms with Crippen LogP contribution in [0.1, 0.15) is 26.3 Å². The van der Waals surface area contributed by atoms with Crippen LogP contribution >= 0.6 is 0 Å². The van der Waals surface area contributed by atoms with Gasteiger partial charge in [-0.1, -0.05) is 32.9 Å². The van der Waals surface area contributed by atoms with Gasteiger partial charge in [0.25, 0.3) is 0 Å². The summed E-state index contributed by atoms with van der Waals surface area (Å²) in [4.78, 5) is 11.7. The van der Waals surface area contributed by atoms with Crippen LogP contribution in [0, 0.1) is 5.82 Å². The lowest BCUT2D eigenvalue weighted by Gasteiger charge is -2.19. The van der Waals surface area contributed by atoms with Crippen molar-refractivity contribution in [1.82, 2.24) is 0 Å². The second-order valence-corrected chi connectivity index (χ2v) is 5.99. The van der Waals surface area contributed by atoms with Crippen LogP contribution in [0.15, 0.2) is 48.5 Å². The molecule has 0 bridgehead atoms. The molecule has 0 amide bonds. The van der Waals surface area contributed by atoms with Gasteiger partial charge in [0.1, 0.15) is 17.3 Å². The third-order valence-corrected chi connectivity index (χ3v) is 3.12. The standard InChI is InChI=1S/C18H19FO3/c1-18(2,3)13-4-8-15(9-5-13)21-12-17(20)22-16-10-6-14(19)7-11-16/h4-11H,12H2,1-3H3. The Balaban J connectivity index is 1.87. The van der Waals surface area contributed by atoms with E-state index >= 15 is 0 Å². The largest absolute Gasteiger partial charge is 0.482 e. The first-order chi connectivity index (χ1) is 10.3. The summed E-state index contributed by atoms with van der Waals surface area (Å²) in [6.07, 6.45) is 0. The maximum atomic E-state index is 12.7. The van der Waals surface area contributed by atoms with Crippen LogP contribution in [0.25, 0.3) is 0 Å². The fourth-order valence-corrected chi connectivity index (χ4v) is 1.86. The lowest BCUT2D eigenvalue weighted by atomic mass is 9.87. The van der Waals surface area contributed by atoms with Crippen LogP contribution in [0.3, 0.4) is 0 Å². The lowest BCUT2D eigenvalue weighted by molar-refractivity contribution is -0.136. The van der Waals surface area contributed by atoms with Crippen molar-refractivity contribution in [3.05, 3.63) is 59.9 Å². The zero-order valence-corrected chi connectivity index (χ0v) is 12.9. The highest BCUT2D eigenvalue weighted by molar-refractivity contribution is 5.73. The summed E-state index contributed by atoms with van der Waals surface area (Å²) in [6, 6.07) is 12.8. The number of benzene rings is 2. The quantitative estimate of drug-likeness (QED) is 0.630. The van der Waals surface area contributed by atoms with Crippen LogP contribution in [0.5, 0.6) is 11.5 Å². The van der Waals surface area contributed by atoms with Crippen molar-refractivity contribution < 1.29 is 18.7 Å². The molecule has 4 heteroatoms. The van der Waals surface area contributed by atoms with Crippen LogP contribution in [-0.2, 0) is 10.2 Å². The molecule has 0 spiro atoms. The monoisotopic (exact) mass is 302 g/mol. The van der Waals surface area contributed by atoms with Crippen molar-refractivity contribution >= 4 is 5.97 Å². The van der Waals surface area contributed by atoms with E-state index in [2.05, 4.69) is 20.8 Å². The molecule has 0 saturated heterocycles. The summed E-state index contributed by atoms with van der Waals surface area (Å²) in [6.45, 7) is 6.18. The molecule has 0 saturated carbocycles. The maximum Gasteiger partial charge on any atom is 0.349 e. The van der Waals surface area contributed by atoms with Crippen molar-refractivity contribution in [2.24, 2.45) is 0 Å². The molecule has 0 atom stereocenters. The van der Waals surface area contributed by atoms with E-state index in [1.807, 2.05) is 24.3 Å². The van der Waals surface area contributed by atoms with Crippen molar-refractivity contribution in [2.75, 3.05) is 6.61 Å². The highest BCUT2D eigenvalue weighted by Gasteiger charge is 2.13. The SMILES string of the molecule is CC(C)(C)c1ccc(OCC(=O)Oc2ccc(F)cc2)cc1. The number of hydrogen-bond donors (Lipinski definition) is 0. The molecule has 0 N–H and O–H groups in total. The van der Waals surface area contributed by atoms with E-state index < -0.39 is 5.97 Å². The Hall–Kier alpha value is -2.36. The number of carbonyl (C=O) groups excluding carboxylic acids is 1. The summed E-state index contributed by atoms with van der Waals surface area (Å²) in [5, 5.41) is 0. The fourth-order valence-electron chi connectivity index (χ4n) is 1.86. The van der Waals surface area contributed by atoms with Gasteiger partial charge in [-0.05, 0) is 47.4 Å². The van der Waals surface area contributed by atoms with Gasteiger partial charge in [-0.3, -0.25) is 0 Å². The van der Waals surface area contributed by atoms with Gasteiger partial charge < -0.3 is 9.47 Å². The van der Waals surface area contributed by atoms with Gasteiger partial charge >= 0.3 is 5.97 Å². The van der Waals surface area contributed by atoms with E-state index in [4.69, 9.17) is 9.47 Å². The molecule has 2 aromatic rings. The highest BCUT2D eigenvalue weighted by Crippen LogP contribution is 2.24. The molecule has 0 fully saturated rings. The summed E-state index contributed by atoms with van der Waals surface area (Å²) in [5.41, 5.74) is 1.26. The van der Waals surface area contributed by atoms with Crippen molar-refractivity contribution in [3.63, 3.8) is 0 Å². The van der Waals surface area contributed by atoms with Crippen molar-refractivity contribution in [3.8, 4) is 11.5 Å². The molecule has 0 aliphatic heterocycles. The van der Waals surface area contributed by atoms with Crippen molar-refractivity contribution in [2.45, 2.75) is 26.2 Å². The molecular formula is C18H19FO3. The minimum Gasteiger partial charge on any atom is -0.482 e. The maximum absolute atomic E-state index is 12.7. The summed E-state index contributed by atoms with van der Waals surface area (Å²) in [5.74, 6) is -0.0244. The predicted molar refractivity (Wildman–Crippen MR) is 82.7 cm³/mol. The average Bonchev–Trinajstić information content (AvgIpc) is 2.47. The molecule has 2 rings (SSSR count). The second kappa shape index (κ2) is 6.60. The predicted octanol–water partition coefficient (Wildman–Crippen LogP) is 4.11. The molecule has 0 aliphatic carbocycles. The Bertz CT molecular complexity index is 625. The summed E-state index contributed by atoms with van der Waals surface area (Å²) in [7, 11) is 0. The first kappa shape index (κ1) is 16.0. The number of halogens is 1. The first-order valence-electron chi connectivity index (χ1n) is 7.04. The van der Waals surface area contributed by atoms with Crippen molar-refractivity contribution in [1.29, 1.82) is 0 Å². The molecule has 0 aromatic heterocycles. The molecule has 116 valence electrons. The number of esters is 1. The van der Waals surface area contributed by atoms with E-state index in [-0.39, 0.29) is 23.6 Å². The van der Waals surface area contributed by atoms with Gasteiger partial charge in [0, 0.05) is 0 Å². The Morgan fingerprint density at radius 2 is 1.50 bits per heavy atom. The number of rotatable bonds is 4. The number of hydrogen-bond acceptors (Lipinski definition) is 3. The van der Waals surface area contributed by atoms with Gasteiger partial charge in [-0.2, -0.15) is 0 Å². The molecule has 0 aliphatic rings. The van der Waals surface area contributed by atoms with E-state index in [9.17, 15) is 9.18 Å². The topological polar surface area (TPSA) is 35.5 Å². The van der Waals surface area contributed by atoms with Crippen LogP contribution in [0.4, 0.5) is 4.39 Å². The van der Waals surface area contributed by atoms with Gasteiger partial charge in [0.2, 0.25) is 0 Å². The third-order valence-electron chi connectivity index (χ3n) is 3.12. The zero-order valence-electron chi connectivity index (χ0n) is 12.9. The minimum atomic E-state index is -0.536. The highest BCUT2D eigenvalue weighted by atomic mass is 19.1. The van der Waals surface area contributed by atoms with Gasteiger partial charge in [-0.15, -0.1) is 0 Å². The van der Waals surface area contributed by atoms with Crippen LogP contribution < -0.4 is 9.47 Å². The summed E-state index contributed by atoms with van der Waals surface area (Å²) >= 11 is 0. The normalized spacial score (nSPS) is 11.1. The number of ether oxygens (including phenoxy) is 2. The zero-order chi connectivity index (χ0) is 16.2. The smallest absolute Gasteiger partial charge is 0.349 e. The molecule has 0 heterocycles. The Morgan fingerprint density at radius 3 is 2.05 bits per heavy atom. The molecule has 3 nitrogen and oxygen atoms in total. The molecular weight excluding hydrogens is 283 g/mol. The average molecular weight is 302 g/mol. The second-order valence-electron chi connectivity index (χ2n) is 5.99. The van der Waals surface area contributed by atoms with Crippen LogP contribution in [-0.4, -0.2) is 12.6 Å².